The third-order valence-electron chi connectivity index (χ3n) is 2.50. The highest BCUT2D eigenvalue weighted by atomic mass is 32.2. The molecule has 94 valence electrons. The van der Waals surface area contributed by atoms with Gasteiger partial charge in [-0.15, -0.1) is 11.8 Å². The van der Waals surface area contributed by atoms with Crippen molar-refractivity contribution in [1.29, 1.82) is 0 Å². The summed E-state index contributed by atoms with van der Waals surface area (Å²) >= 11 is 1.69. The molecular weight excluding hydrogens is 242 g/mol. The molecular formula is C14H17N3S. The van der Waals surface area contributed by atoms with Crippen molar-refractivity contribution in [2.24, 2.45) is 0 Å². The van der Waals surface area contributed by atoms with E-state index >= 15 is 0 Å². The maximum atomic E-state index is 5.71. The van der Waals surface area contributed by atoms with Gasteiger partial charge in [0.25, 0.3) is 0 Å². The van der Waals surface area contributed by atoms with Crippen molar-refractivity contribution in [2.75, 3.05) is 5.73 Å². The van der Waals surface area contributed by atoms with Crippen molar-refractivity contribution in [2.45, 2.75) is 31.6 Å². The van der Waals surface area contributed by atoms with Crippen LogP contribution in [0.15, 0.2) is 29.3 Å². The number of nitrogen functional groups attached to an aromatic ring is 1. The van der Waals surface area contributed by atoms with E-state index in [0.717, 1.165) is 16.6 Å². The van der Waals surface area contributed by atoms with E-state index in [1.54, 1.807) is 11.8 Å². The van der Waals surface area contributed by atoms with Crippen molar-refractivity contribution >= 4 is 17.6 Å². The summed E-state index contributed by atoms with van der Waals surface area (Å²) in [5.41, 5.74) is 9.62. The molecule has 0 saturated heterocycles. The Bertz CT molecular complexity index is 475. The van der Waals surface area contributed by atoms with Gasteiger partial charge in [-0.2, -0.15) is 0 Å². The monoisotopic (exact) mass is 259 g/mol. The summed E-state index contributed by atoms with van der Waals surface area (Å²) in [6, 6.07) is 8.41. The normalized spacial score (nSPS) is 10.6. The van der Waals surface area contributed by atoms with Gasteiger partial charge in [-0.1, -0.05) is 29.3 Å². The Morgan fingerprint density at radius 1 is 1.00 bits per heavy atom. The molecule has 0 aliphatic heterocycles. The molecule has 1 aromatic heterocycles. The van der Waals surface area contributed by atoms with Gasteiger partial charge in [-0.05, 0) is 26.3 Å². The third kappa shape index (κ3) is 3.47. The minimum absolute atomic E-state index is 0.533. The van der Waals surface area contributed by atoms with Gasteiger partial charge in [0, 0.05) is 11.8 Å². The lowest BCUT2D eigenvalue weighted by Crippen LogP contribution is -1.96. The highest BCUT2D eigenvalue weighted by Gasteiger charge is 2.02. The summed E-state index contributed by atoms with van der Waals surface area (Å²) in [5.74, 6) is 2.15. The van der Waals surface area contributed by atoms with Gasteiger partial charge < -0.3 is 5.73 Å². The molecule has 2 N–H and O–H groups in total. The number of rotatable bonds is 3. The average Bonchev–Trinajstić information content (AvgIpc) is 2.23. The van der Waals surface area contributed by atoms with Crippen LogP contribution in [0.3, 0.4) is 0 Å². The van der Waals surface area contributed by atoms with E-state index in [4.69, 9.17) is 5.73 Å². The van der Waals surface area contributed by atoms with Crippen molar-refractivity contribution in [3.05, 3.63) is 46.8 Å². The lowest BCUT2D eigenvalue weighted by Gasteiger charge is -2.05. The third-order valence-corrected chi connectivity index (χ3v) is 3.49. The van der Waals surface area contributed by atoms with Gasteiger partial charge in [0.15, 0.2) is 0 Å². The van der Waals surface area contributed by atoms with E-state index in [9.17, 15) is 0 Å². The number of hydrogen-bond acceptors (Lipinski definition) is 4. The van der Waals surface area contributed by atoms with Crippen molar-refractivity contribution < 1.29 is 0 Å². The molecule has 2 aromatic rings. The fourth-order valence-electron chi connectivity index (χ4n) is 1.95. The molecule has 0 spiro atoms. The number of nitrogens with zero attached hydrogens (tertiary/aromatic N) is 2. The van der Waals surface area contributed by atoms with Gasteiger partial charge in [-0.25, -0.2) is 9.97 Å². The molecule has 0 atom stereocenters. The van der Waals surface area contributed by atoms with E-state index in [1.165, 1.54) is 16.7 Å². The largest absolute Gasteiger partial charge is 0.384 e. The zero-order valence-corrected chi connectivity index (χ0v) is 11.7. The Morgan fingerprint density at radius 3 is 2.28 bits per heavy atom. The lowest BCUT2D eigenvalue weighted by atomic mass is 10.1. The van der Waals surface area contributed by atoms with Crippen molar-refractivity contribution in [3.8, 4) is 0 Å². The quantitative estimate of drug-likeness (QED) is 0.679. The molecule has 1 heterocycles. The predicted octanol–water partition coefficient (Wildman–Crippen LogP) is 3.28. The maximum Gasteiger partial charge on any atom is 0.128 e. The summed E-state index contributed by atoms with van der Waals surface area (Å²) in [7, 11) is 0. The van der Waals surface area contributed by atoms with Crippen LogP contribution in [0.2, 0.25) is 0 Å². The first-order valence-corrected chi connectivity index (χ1v) is 6.82. The van der Waals surface area contributed by atoms with Crippen LogP contribution >= 0.6 is 11.8 Å². The average molecular weight is 259 g/mol. The number of anilines is 1. The van der Waals surface area contributed by atoms with E-state index < -0.39 is 0 Å². The van der Waals surface area contributed by atoms with E-state index in [1.807, 2.05) is 13.0 Å². The zero-order valence-electron chi connectivity index (χ0n) is 10.9. The topological polar surface area (TPSA) is 51.8 Å². The number of nitrogens with two attached hydrogens (primary N) is 1. The van der Waals surface area contributed by atoms with E-state index in [0.29, 0.717) is 5.82 Å². The van der Waals surface area contributed by atoms with Crippen LogP contribution in [0, 0.1) is 20.8 Å². The molecule has 0 aliphatic carbocycles. The van der Waals surface area contributed by atoms with Gasteiger partial charge in [0.05, 0.1) is 0 Å². The molecule has 0 radical (unpaired) electrons. The molecule has 0 unspecified atom stereocenters. The van der Waals surface area contributed by atoms with Gasteiger partial charge >= 0.3 is 0 Å². The van der Waals surface area contributed by atoms with Crippen molar-refractivity contribution in [1.82, 2.24) is 9.97 Å². The lowest BCUT2D eigenvalue weighted by molar-refractivity contribution is 0.975. The summed E-state index contributed by atoms with van der Waals surface area (Å²) in [6.45, 7) is 6.10. The summed E-state index contributed by atoms with van der Waals surface area (Å²) in [4.78, 5) is 8.44. The number of thioether (sulfide) groups is 1. The zero-order chi connectivity index (χ0) is 13.1. The van der Waals surface area contributed by atoms with Crippen LogP contribution in [0.4, 0.5) is 5.82 Å². The van der Waals surface area contributed by atoms with Gasteiger partial charge in [0.2, 0.25) is 0 Å². The van der Waals surface area contributed by atoms with Crippen LogP contribution in [0.25, 0.3) is 0 Å². The van der Waals surface area contributed by atoms with Crippen LogP contribution in [-0.4, -0.2) is 9.97 Å². The van der Waals surface area contributed by atoms with E-state index in [-0.39, 0.29) is 0 Å². The fourth-order valence-corrected chi connectivity index (χ4v) is 2.83. The van der Waals surface area contributed by atoms with Crippen LogP contribution < -0.4 is 5.73 Å². The highest BCUT2D eigenvalue weighted by molar-refractivity contribution is 7.98. The Labute approximate surface area is 112 Å². The van der Waals surface area contributed by atoms with Crippen LogP contribution in [-0.2, 0) is 5.75 Å². The molecule has 3 nitrogen and oxygen atoms in total. The Morgan fingerprint density at radius 2 is 1.67 bits per heavy atom. The minimum Gasteiger partial charge on any atom is -0.384 e. The molecule has 2 rings (SSSR count). The Balaban J connectivity index is 2.11. The number of aromatic nitrogens is 2. The first-order chi connectivity index (χ1) is 8.52. The first kappa shape index (κ1) is 12.9. The SMILES string of the molecule is Cc1cc(C)cc(CSc2cc(N)nc(C)n2)c1. The molecule has 4 heteroatoms. The van der Waals surface area contributed by atoms with Crippen LogP contribution in [0.1, 0.15) is 22.5 Å². The second-order valence-electron chi connectivity index (χ2n) is 4.46. The Hall–Kier alpha value is -1.55. The summed E-state index contributed by atoms with van der Waals surface area (Å²) in [6.07, 6.45) is 0. The van der Waals surface area contributed by atoms with Crippen molar-refractivity contribution in [3.63, 3.8) is 0 Å². The molecule has 0 amide bonds. The van der Waals surface area contributed by atoms with E-state index in [2.05, 4.69) is 42.0 Å². The fraction of sp³-hybridized carbons (Fsp3) is 0.286. The minimum atomic E-state index is 0.533. The molecule has 0 saturated carbocycles. The predicted molar refractivity (Wildman–Crippen MR) is 76.7 cm³/mol. The second kappa shape index (κ2) is 5.40. The number of benzene rings is 1. The van der Waals surface area contributed by atoms with Gasteiger partial charge in [-0.3, -0.25) is 0 Å². The molecule has 0 bridgehead atoms. The smallest absolute Gasteiger partial charge is 0.128 e. The number of aryl methyl sites for hydroxylation is 3. The first-order valence-electron chi connectivity index (χ1n) is 5.84. The summed E-state index contributed by atoms with van der Waals surface area (Å²) in [5, 5.41) is 0.930. The highest BCUT2D eigenvalue weighted by Crippen LogP contribution is 2.23. The molecule has 0 fully saturated rings. The molecule has 0 aliphatic rings. The second-order valence-corrected chi connectivity index (χ2v) is 5.46. The Kier molecular flexibility index (Phi) is 3.87. The summed E-state index contributed by atoms with van der Waals surface area (Å²) < 4.78 is 0. The van der Waals surface area contributed by atoms with Crippen LogP contribution in [0.5, 0.6) is 0 Å². The molecule has 1 aromatic carbocycles. The number of hydrogen-bond donors (Lipinski definition) is 1. The standard InChI is InChI=1S/C14H17N3S/c1-9-4-10(2)6-12(5-9)8-18-14-7-13(15)16-11(3)17-14/h4-7H,8H2,1-3H3,(H2,15,16,17). The maximum absolute atomic E-state index is 5.71. The van der Waals surface area contributed by atoms with Gasteiger partial charge in [0.1, 0.15) is 16.7 Å². The molecule has 18 heavy (non-hydrogen) atoms.